The maximum Gasteiger partial charge on any atom is 0.355 e. The summed E-state index contributed by atoms with van der Waals surface area (Å²) in [5, 5.41) is 39.6. The van der Waals surface area contributed by atoms with Crippen molar-refractivity contribution >= 4 is 46.1 Å². The summed E-state index contributed by atoms with van der Waals surface area (Å²) < 4.78 is 19.8. The topological polar surface area (TPSA) is 212 Å². The monoisotopic (exact) mass is 926 g/mol. The molecule has 1 aromatic heterocycles. The molecular formula is C50H66N6O11. The number of aromatic hydroxyl groups is 1. The second kappa shape index (κ2) is 19.6. The van der Waals surface area contributed by atoms with Crippen molar-refractivity contribution in [2.75, 3.05) is 60.2 Å². The molecule has 5 N–H and O–H groups in total. The summed E-state index contributed by atoms with van der Waals surface area (Å²) in [6, 6.07) is 8.64. The Morgan fingerprint density at radius 2 is 1.85 bits per heavy atom. The minimum atomic E-state index is -2.28. The Labute approximate surface area is 391 Å². The molecular weight excluding hydrogens is 861 g/mol. The predicted octanol–water partition coefficient (Wildman–Crippen LogP) is 3.45. The van der Waals surface area contributed by atoms with Crippen molar-refractivity contribution < 1.29 is 53.5 Å². The van der Waals surface area contributed by atoms with Crippen LogP contribution in [0, 0.1) is 11.3 Å². The van der Waals surface area contributed by atoms with Crippen LogP contribution in [0.3, 0.4) is 0 Å². The highest BCUT2D eigenvalue weighted by Gasteiger charge is 2.49. The van der Waals surface area contributed by atoms with Crippen molar-refractivity contribution in [3.63, 3.8) is 0 Å². The average Bonchev–Trinajstić information content (AvgIpc) is 3.84. The van der Waals surface area contributed by atoms with Crippen LogP contribution in [-0.2, 0) is 57.6 Å². The fourth-order valence-electron chi connectivity index (χ4n) is 10.2. The number of methoxy groups -OCH3 is 1. The number of rotatable bonds is 10. The van der Waals surface area contributed by atoms with Crippen LogP contribution in [0.1, 0.15) is 77.1 Å². The zero-order valence-corrected chi connectivity index (χ0v) is 39.8. The van der Waals surface area contributed by atoms with Crippen molar-refractivity contribution in [3.8, 4) is 16.9 Å². The number of hydrazine groups is 1. The number of esters is 1. The van der Waals surface area contributed by atoms with Crippen LogP contribution in [0.2, 0.25) is 0 Å². The molecule has 67 heavy (non-hydrogen) atoms. The van der Waals surface area contributed by atoms with E-state index in [2.05, 4.69) is 40.9 Å². The molecule has 3 aromatic rings. The Kier molecular flexibility index (Phi) is 14.4. The first-order valence-corrected chi connectivity index (χ1v) is 23.2. The third-order valence-electron chi connectivity index (χ3n) is 13.5. The van der Waals surface area contributed by atoms with Gasteiger partial charge in [-0.1, -0.05) is 46.4 Å². The number of likely N-dealkylation sites (tertiary alicyclic amines) is 1. The number of aliphatic hydroxyl groups is 2. The van der Waals surface area contributed by atoms with Crippen LogP contribution in [0.4, 0.5) is 0 Å². The number of ether oxygens (including phenoxy) is 3. The van der Waals surface area contributed by atoms with Gasteiger partial charge in [0.1, 0.15) is 17.8 Å². The van der Waals surface area contributed by atoms with Crippen LogP contribution in [0.15, 0.2) is 54.6 Å². The number of aromatic nitrogens is 1. The molecule has 4 aliphatic heterocycles. The van der Waals surface area contributed by atoms with Crippen molar-refractivity contribution in [3.05, 3.63) is 71.4 Å². The third-order valence-corrected chi connectivity index (χ3v) is 13.5. The SMILES string of the molecule is C=CC(=O)N1CC[C@](O)(C(=O)N(C)[C@H](C(=O)N[C@H]2Cc3cc(O)cc(c3)-c3ccc4c(c3)c(c(C3=C(COC)COCC3)n4CC)CC(C)(C)COC(=O)[C@@]3(O)CCCN(N3)C2=O)C(C)C)C1. The number of benzene rings is 2. The molecule has 362 valence electrons. The number of nitrogens with one attached hydrogen (secondary N) is 2. The molecule has 2 saturated heterocycles. The van der Waals surface area contributed by atoms with Gasteiger partial charge in [-0.25, -0.2) is 4.79 Å². The van der Waals surface area contributed by atoms with E-state index in [0.29, 0.717) is 50.3 Å². The number of likely N-dealkylation sites (N-methyl/N-ethyl adjacent to an activating group) is 1. The van der Waals surface area contributed by atoms with Gasteiger partial charge in [0, 0.05) is 75.1 Å². The minimum Gasteiger partial charge on any atom is -0.508 e. The van der Waals surface area contributed by atoms with Crippen LogP contribution < -0.4 is 10.7 Å². The third kappa shape index (κ3) is 10.0. The molecule has 4 aliphatic rings. The molecule has 17 heteroatoms. The van der Waals surface area contributed by atoms with Gasteiger partial charge >= 0.3 is 5.97 Å². The number of phenolic OH excluding ortho intramolecular Hbond substituents is 1. The lowest BCUT2D eigenvalue weighted by Crippen LogP contribution is -2.67. The van der Waals surface area contributed by atoms with Crippen LogP contribution in [-0.4, -0.2) is 148 Å². The van der Waals surface area contributed by atoms with E-state index in [0.717, 1.165) is 54.9 Å². The van der Waals surface area contributed by atoms with E-state index in [-0.39, 0.29) is 57.7 Å². The lowest BCUT2D eigenvalue weighted by Gasteiger charge is -2.40. The lowest BCUT2D eigenvalue weighted by atomic mass is 9.83. The summed E-state index contributed by atoms with van der Waals surface area (Å²) in [7, 11) is 3.06. The first-order chi connectivity index (χ1) is 31.7. The maximum atomic E-state index is 14.7. The molecule has 2 aromatic carbocycles. The number of amides is 4. The minimum absolute atomic E-state index is 0.0464. The van der Waals surface area contributed by atoms with E-state index >= 15 is 0 Å². The smallest absolute Gasteiger partial charge is 0.355 e. The first kappa shape index (κ1) is 49.3. The van der Waals surface area contributed by atoms with E-state index in [4.69, 9.17) is 14.2 Å². The van der Waals surface area contributed by atoms with Crippen LogP contribution >= 0.6 is 0 Å². The summed E-state index contributed by atoms with van der Waals surface area (Å²) in [6.45, 7) is 15.0. The number of hydrogen-bond acceptors (Lipinski definition) is 12. The summed E-state index contributed by atoms with van der Waals surface area (Å²) in [6.07, 6.45) is 2.24. The Morgan fingerprint density at radius 1 is 1.09 bits per heavy atom. The normalized spacial score (nSPS) is 24.1. The van der Waals surface area contributed by atoms with Gasteiger partial charge in [-0.05, 0) is 95.8 Å². The zero-order chi connectivity index (χ0) is 48.6. The number of fused-ring (bicyclic) bond motifs is 6. The number of phenols is 1. The van der Waals surface area contributed by atoms with Crippen LogP contribution in [0.5, 0.6) is 5.75 Å². The molecule has 7 rings (SSSR count). The number of nitrogens with zero attached hydrogens (tertiary/aromatic N) is 4. The first-order valence-electron chi connectivity index (χ1n) is 23.2. The van der Waals surface area contributed by atoms with Gasteiger partial charge in [-0.3, -0.25) is 24.2 Å². The summed E-state index contributed by atoms with van der Waals surface area (Å²) >= 11 is 0. The average molecular weight is 927 g/mol. The standard InChI is InChI=1S/C50H66N6O11/c1-9-41(58)54-18-16-49(63,28-54)46(61)53(7)42(30(3)4)44(59)51-39-22-31-20-33(23-35(57)21-31)32-12-13-40-37(24-32)38(43(55(40)10-2)36-14-19-66-27-34(36)26-65-8)25-48(5,6)29-67-47(62)50(64)15-11-17-56(52-50)45(39)60/h9,12-13,20-21,23-24,30,39,42,52,57,63-64H,1,10-11,14-19,22,25-29H2,2-8H3,(H,51,59)/t39-,42-,49+,50-/m0/s1. The Morgan fingerprint density at radius 3 is 2.55 bits per heavy atom. The van der Waals surface area contributed by atoms with E-state index in [9.17, 15) is 39.3 Å². The largest absolute Gasteiger partial charge is 0.508 e. The molecule has 0 spiro atoms. The number of carbonyl (C=O) groups excluding carboxylic acids is 5. The van der Waals surface area contributed by atoms with Crippen molar-refractivity contribution in [1.82, 2.24) is 30.1 Å². The molecule has 0 unspecified atom stereocenters. The van der Waals surface area contributed by atoms with Crippen molar-refractivity contribution in [2.45, 2.75) is 103 Å². The van der Waals surface area contributed by atoms with E-state index in [1.807, 2.05) is 26.0 Å². The quantitative estimate of drug-likeness (QED) is 0.146. The lowest BCUT2D eigenvalue weighted by molar-refractivity contribution is -0.189. The zero-order valence-electron chi connectivity index (χ0n) is 39.8. The van der Waals surface area contributed by atoms with Crippen molar-refractivity contribution in [2.24, 2.45) is 11.3 Å². The molecule has 0 aliphatic carbocycles. The predicted molar refractivity (Wildman–Crippen MR) is 250 cm³/mol. The molecule has 0 radical (unpaired) electrons. The summed E-state index contributed by atoms with van der Waals surface area (Å²) in [5.74, 6) is -4.13. The Bertz CT molecular complexity index is 2480. The van der Waals surface area contributed by atoms with Gasteiger partial charge in [0.15, 0.2) is 5.60 Å². The second-order valence-corrected chi connectivity index (χ2v) is 19.6. The number of aryl methyl sites for hydroxylation is 1. The molecule has 4 amide bonds. The molecule has 17 nitrogen and oxygen atoms in total. The van der Waals surface area contributed by atoms with Gasteiger partial charge in [-0.15, -0.1) is 0 Å². The Hall–Kier alpha value is -5.59. The van der Waals surface area contributed by atoms with Gasteiger partial charge in [0.05, 0.1) is 33.0 Å². The second-order valence-electron chi connectivity index (χ2n) is 19.6. The number of cyclic esters (lactones) is 1. The number of β-amino-alcohol motifs (C(OH)–C–C–N with tert-alkyl or cyclic N) is 1. The van der Waals surface area contributed by atoms with Gasteiger partial charge in [-0.2, -0.15) is 5.43 Å². The van der Waals surface area contributed by atoms with E-state index in [1.54, 1.807) is 27.0 Å². The summed E-state index contributed by atoms with van der Waals surface area (Å²) in [5.41, 5.74) is 5.08. The van der Waals surface area contributed by atoms with Gasteiger partial charge in [0.25, 0.3) is 11.8 Å². The Balaban J connectivity index is 1.32. The van der Waals surface area contributed by atoms with Crippen molar-refractivity contribution in [1.29, 1.82) is 0 Å². The molecule has 0 saturated carbocycles. The number of carbonyl (C=O) groups is 5. The highest BCUT2D eigenvalue weighted by atomic mass is 16.6. The fraction of sp³-hybridized carbons (Fsp3) is 0.540. The van der Waals surface area contributed by atoms with Gasteiger partial charge < -0.3 is 49.2 Å². The molecule has 5 heterocycles. The van der Waals surface area contributed by atoms with E-state index in [1.165, 1.54) is 18.0 Å². The van der Waals surface area contributed by atoms with Crippen LogP contribution in [0.25, 0.3) is 27.6 Å². The maximum absolute atomic E-state index is 14.7. The highest BCUT2D eigenvalue weighted by Crippen LogP contribution is 2.41. The molecule has 2 fully saturated rings. The summed E-state index contributed by atoms with van der Waals surface area (Å²) in [4.78, 5) is 72.0. The van der Waals surface area contributed by atoms with E-state index < -0.39 is 64.3 Å². The van der Waals surface area contributed by atoms with Gasteiger partial charge in [0.2, 0.25) is 17.5 Å². The fourth-order valence-corrected chi connectivity index (χ4v) is 10.2. The molecule has 4 atom stereocenters. The number of hydrogen-bond donors (Lipinski definition) is 5. The molecule has 6 bridgehead atoms. The highest BCUT2D eigenvalue weighted by molar-refractivity contribution is 5.96.